The molecule has 0 unspecified atom stereocenters. The van der Waals surface area contributed by atoms with E-state index in [1.165, 1.54) is 6.07 Å². The number of aliphatic imine (C=N–C) groups is 1. The lowest BCUT2D eigenvalue weighted by Crippen LogP contribution is -2.12. The number of fused-ring (bicyclic) bond motifs is 1. The maximum absolute atomic E-state index is 10.8. The van der Waals surface area contributed by atoms with Gasteiger partial charge >= 0.3 is 5.97 Å². The van der Waals surface area contributed by atoms with Gasteiger partial charge < -0.3 is 15.8 Å². The zero-order valence-corrected chi connectivity index (χ0v) is 9.53. The first-order valence-electron chi connectivity index (χ1n) is 4.86. The lowest BCUT2D eigenvalue weighted by molar-refractivity contribution is 0.0691. The zero-order valence-electron chi connectivity index (χ0n) is 8.77. The molecule has 0 saturated heterocycles. The second-order valence-electron chi connectivity index (χ2n) is 3.46. The Labute approximate surface area is 102 Å². The normalized spacial score (nSPS) is 11.9. The molecule has 0 atom stereocenters. The molecule has 0 saturated carbocycles. The SMILES string of the molecule is NC(CCl)=Nc1cccc2[nH]c(C(=O)O)cc12. The minimum atomic E-state index is -1.01. The van der Waals surface area contributed by atoms with E-state index in [1.807, 2.05) is 0 Å². The number of halogens is 1. The Morgan fingerprint density at radius 1 is 1.53 bits per heavy atom. The van der Waals surface area contributed by atoms with Crippen molar-refractivity contribution in [3.8, 4) is 0 Å². The van der Waals surface area contributed by atoms with Gasteiger partial charge in [-0.1, -0.05) is 6.07 Å². The Kier molecular flexibility index (Phi) is 3.01. The van der Waals surface area contributed by atoms with E-state index in [-0.39, 0.29) is 17.4 Å². The fraction of sp³-hybridized carbons (Fsp3) is 0.0909. The fourth-order valence-electron chi connectivity index (χ4n) is 1.54. The molecule has 0 amide bonds. The van der Waals surface area contributed by atoms with Crippen molar-refractivity contribution in [3.05, 3.63) is 30.0 Å². The summed E-state index contributed by atoms with van der Waals surface area (Å²) >= 11 is 5.55. The summed E-state index contributed by atoms with van der Waals surface area (Å²) in [6.07, 6.45) is 0. The number of carboxylic acid groups (broad SMARTS) is 1. The van der Waals surface area contributed by atoms with Gasteiger partial charge in [-0.25, -0.2) is 9.79 Å². The number of hydrogen-bond acceptors (Lipinski definition) is 2. The molecule has 0 bridgehead atoms. The molecule has 2 rings (SSSR count). The van der Waals surface area contributed by atoms with Crippen molar-refractivity contribution < 1.29 is 9.90 Å². The third kappa shape index (κ3) is 2.24. The van der Waals surface area contributed by atoms with E-state index in [2.05, 4.69) is 9.98 Å². The van der Waals surface area contributed by atoms with Crippen LogP contribution in [0.1, 0.15) is 10.5 Å². The number of nitrogens with one attached hydrogen (secondary N) is 1. The average Bonchev–Trinajstić information content (AvgIpc) is 2.74. The highest BCUT2D eigenvalue weighted by molar-refractivity contribution is 6.28. The van der Waals surface area contributed by atoms with E-state index >= 15 is 0 Å². The number of amidine groups is 1. The van der Waals surface area contributed by atoms with E-state index in [1.54, 1.807) is 18.2 Å². The average molecular weight is 252 g/mol. The van der Waals surface area contributed by atoms with Crippen LogP contribution in [0.25, 0.3) is 10.9 Å². The highest BCUT2D eigenvalue weighted by atomic mass is 35.5. The highest BCUT2D eigenvalue weighted by Gasteiger charge is 2.09. The summed E-state index contributed by atoms with van der Waals surface area (Å²) in [6, 6.07) is 6.82. The third-order valence-corrected chi connectivity index (χ3v) is 2.55. The number of aromatic nitrogens is 1. The Bertz CT molecular complexity index is 604. The number of hydrogen-bond donors (Lipinski definition) is 3. The van der Waals surface area contributed by atoms with Crippen LogP contribution in [0.3, 0.4) is 0 Å². The zero-order chi connectivity index (χ0) is 12.4. The Hall–Kier alpha value is -2.01. The molecule has 1 aromatic heterocycles. The van der Waals surface area contributed by atoms with Crippen molar-refractivity contribution >= 4 is 40.0 Å². The first-order chi connectivity index (χ1) is 8.11. The van der Waals surface area contributed by atoms with Crippen LogP contribution in [-0.4, -0.2) is 27.8 Å². The lowest BCUT2D eigenvalue weighted by Gasteiger charge is -1.98. The van der Waals surface area contributed by atoms with Gasteiger partial charge in [0.1, 0.15) is 11.5 Å². The summed E-state index contributed by atoms with van der Waals surface area (Å²) in [5.41, 5.74) is 6.97. The van der Waals surface area contributed by atoms with Crippen molar-refractivity contribution in [2.24, 2.45) is 10.7 Å². The number of carbonyl (C=O) groups is 1. The van der Waals surface area contributed by atoms with Crippen LogP contribution in [0.15, 0.2) is 29.3 Å². The molecule has 2 aromatic rings. The molecular formula is C11H10ClN3O2. The monoisotopic (exact) mass is 251 g/mol. The molecule has 1 heterocycles. The molecule has 4 N–H and O–H groups in total. The maximum atomic E-state index is 10.8. The van der Waals surface area contributed by atoms with Gasteiger partial charge in [0.05, 0.1) is 11.6 Å². The van der Waals surface area contributed by atoms with E-state index < -0.39 is 5.97 Å². The van der Waals surface area contributed by atoms with E-state index in [4.69, 9.17) is 22.4 Å². The Morgan fingerprint density at radius 3 is 2.94 bits per heavy atom. The summed E-state index contributed by atoms with van der Waals surface area (Å²) in [7, 11) is 0. The number of carboxylic acids is 1. The summed E-state index contributed by atoms with van der Waals surface area (Å²) in [4.78, 5) is 17.8. The molecule has 1 aromatic carbocycles. The molecule has 0 aliphatic carbocycles. The van der Waals surface area contributed by atoms with Gasteiger partial charge in [0.15, 0.2) is 0 Å². The number of aromatic amines is 1. The molecule has 17 heavy (non-hydrogen) atoms. The number of nitrogens with two attached hydrogens (primary N) is 1. The molecule has 0 aliphatic heterocycles. The summed E-state index contributed by atoms with van der Waals surface area (Å²) < 4.78 is 0. The van der Waals surface area contributed by atoms with E-state index in [0.29, 0.717) is 16.6 Å². The summed E-state index contributed by atoms with van der Waals surface area (Å²) in [5.74, 6) is -0.592. The molecule has 6 heteroatoms. The van der Waals surface area contributed by atoms with Crippen LogP contribution in [0, 0.1) is 0 Å². The van der Waals surface area contributed by atoms with Crippen LogP contribution >= 0.6 is 11.6 Å². The molecule has 0 aliphatic rings. The summed E-state index contributed by atoms with van der Waals surface area (Å²) in [6.45, 7) is 0. The van der Waals surface area contributed by atoms with Gasteiger partial charge in [0.2, 0.25) is 0 Å². The second kappa shape index (κ2) is 4.47. The Morgan fingerprint density at radius 2 is 2.29 bits per heavy atom. The van der Waals surface area contributed by atoms with Crippen molar-refractivity contribution in [2.45, 2.75) is 0 Å². The van der Waals surface area contributed by atoms with Crippen molar-refractivity contribution in [2.75, 3.05) is 5.88 Å². The second-order valence-corrected chi connectivity index (χ2v) is 3.73. The van der Waals surface area contributed by atoms with Gasteiger partial charge in [-0.2, -0.15) is 0 Å². The maximum Gasteiger partial charge on any atom is 0.352 e. The molecule has 5 nitrogen and oxygen atoms in total. The van der Waals surface area contributed by atoms with Crippen molar-refractivity contribution in [1.29, 1.82) is 0 Å². The topological polar surface area (TPSA) is 91.5 Å². The number of H-pyrrole nitrogens is 1. The first-order valence-corrected chi connectivity index (χ1v) is 5.39. The predicted octanol–water partition coefficient (Wildman–Crippen LogP) is 2.09. The minimum absolute atomic E-state index is 0.118. The number of alkyl halides is 1. The molecular weight excluding hydrogens is 242 g/mol. The smallest absolute Gasteiger partial charge is 0.352 e. The number of benzene rings is 1. The van der Waals surface area contributed by atoms with E-state index in [9.17, 15) is 4.79 Å². The molecule has 88 valence electrons. The van der Waals surface area contributed by atoms with Gasteiger partial charge in [0.25, 0.3) is 0 Å². The van der Waals surface area contributed by atoms with Crippen molar-refractivity contribution in [3.63, 3.8) is 0 Å². The molecule has 0 fully saturated rings. The van der Waals surface area contributed by atoms with Crippen LogP contribution < -0.4 is 5.73 Å². The third-order valence-electron chi connectivity index (χ3n) is 2.27. The van der Waals surface area contributed by atoms with Gasteiger partial charge in [-0.05, 0) is 18.2 Å². The van der Waals surface area contributed by atoms with E-state index in [0.717, 1.165) is 0 Å². The largest absolute Gasteiger partial charge is 0.477 e. The minimum Gasteiger partial charge on any atom is -0.477 e. The van der Waals surface area contributed by atoms with Gasteiger partial charge in [-0.15, -0.1) is 11.6 Å². The number of aromatic carboxylic acids is 1. The van der Waals surface area contributed by atoms with Gasteiger partial charge in [0, 0.05) is 10.9 Å². The number of rotatable bonds is 3. The first kappa shape index (κ1) is 11.5. The van der Waals surface area contributed by atoms with Crippen LogP contribution in [0.4, 0.5) is 5.69 Å². The Balaban J connectivity index is 2.61. The standard InChI is InChI=1S/C11H10ClN3O2/c12-5-10(13)15-8-3-1-2-7-6(8)4-9(14-7)11(16)17/h1-4,14H,5H2,(H2,13,15)(H,16,17). The predicted molar refractivity (Wildman–Crippen MR) is 67.3 cm³/mol. The van der Waals surface area contributed by atoms with Crippen molar-refractivity contribution in [1.82, 2.24) is 4.98 Å². The van der Waals surface area contributed by atoms with Crippen LogP contribution in [-0.2, 0) is 0 Å². The highest BCUT2D eigenvalue weighted by Crippen LogP contribution is 2.26. The summed E-state index contributed by atoms with van der Waals surface area (Å²) in [5, 5.41) is 9.60. The molecule has 0 spiro atoms. The quantitative estimate of drug-likeness (QED) is 0.443. The lowest BCUT2D eigenvalue weighted by atomic mass is 10.2. The fourth-order valence-corrected chi connectivity index (χ4v) is 1.60. The number of nitrogens with zero attached hydrogens (tertiary/aromatic N) is 1. The van der Waals surface area contributed by atoms with Crippen LogP contribution in [0.5, 0.6) is 0 Å². The van der Waals surface area contributed by atoms with Crippen LogP contribution in [0.2, 0.25) is 0 Å². The molecule has 0 radical (unpaired) electrons. The van der Waals surface area contributed by atoms with Gasteiger partial charge in [-0.3, -0.25) is 0 Å².